The van der Waals surface area contributed by atoms with E-state index in [0.29, 0.717) is 58.0 Å². The number of rotatable bonds is 9. The van der Waals surface area contributed by atoms with E-state index >= 15 is 0 Å². The maximum atomic E-state index is 13.3. The second kappa shape index (κ2) is 10.1. The molecule has 0 atom stereocenters. The highest BCUT2D eigenvalue weighted by atomic mass is 16.5. The van der Waals surface area contributed by atoms with Gasteiger partial charge in [0.25, 0.3) is 11.5 Å². The van der Waals surface area contributed by atoms with E-state index in [9.17, 15) is 14.4 Å². The molecule has 0 spiro atoms. The van der Waals surface area contributed by atoms with Gasteiger partial charge in [-0.15, -0.1) is 0 Å². The Kier molecular flexibility index (Phi) is 7.05. The number of hydrogen-bond donors (Lipinski definition) is 1. The largest absolute Gasteiger partial charge is 0.383 e. The fourth-order valence-electron chi connectivity index (χ4n) is 4.27. The van der Waals surface area contributed by atoms with Gasteiger partial charge in [0.05, 0.1) is 6.61 Å². The normalized spacial score (nSPS) is 15.3. The molecule has 2 amide bonds. The summed E-state index contributed by atoms with van der Waals surface area (Å²) in [5.74, 6) is 0.340. The number of carbonyl (C=O) groups excluding carboxylic acids is 2. The molecule has 2 aliphatic rings. The number of methoxy groups -OCH3 is 1. The van der Waals surface area contributed by atoms with Crippen LogP contribution in [0.2, 0.25) is 0 Å². The van der Waals surface area contributed by atoms with Crippen molar-refractivity contribution in [3.8, 4) is 0 Å². The molecule has 32 heavy (non-hydrogen) atoms. The first-order valence-electron chi connectivity index (χ1n) is 11.4. The van der Waals surface area contributed by atoms with Crippen molar-refractivity contribution < 1.29 is 14.3 Å². The third kappa shape index (κ3) is 5.27. The minimum atomic E-state index is -0.366. The molecule has 0 bridgehead atoms. The first-order valence-corrected chi connectivity index (χ1v) is 11.4. The van der Waals surface area contributed by atoms with Crippen LogP contribution in [0, 0.1) is 5.92 Å². The number of nitrogens with one attached hydrogen (secondary N) is 1. The highest BCUT2D eigenvalue weighted by Crippen LogP contribution is 2.33. The molecule has 1 N–H and O–H groups in total. The summed E-state index contributed by atoms with van der Waals surface area (Å²) in [7, 11) is 1.57. The number of amides is 2. The molecule has 0 unspecified atom stereocenters. The summed E-state index contributed by atoms with van der Waals surface area (Å²) in [6.45, 7) is 2.20. The van der Waals surface area contributed by atoms with Crippen molar-refractivity contribution in [2.75, 3.05) is 26.8 Å². The lowest BCUT2D eigenvalue weighted by Gasteiger charge is -2.30. The van der Waals surface area contributed by atoms with Crippen LogP contribution < -0.4 is 10.9 Å². The zero-order valence-electron chi connectivity index (χ0n) is 18.6. The third-order valence-corrected chi connectivity index (χ3v) is 6.28. The number of aromatic nitrogens is 1. The lowest BCUT2D eigenvalue weighted by atomic mass is 9.95. The summed E-state index contributed by atoms with van der Waals surface area (Å²) in [6, 6.07) is 9.97. The molecule has 2 aromatic rings. The first-order chi connectivity index (χ1) is 15.6. The van der Waals surface area contributed by atoms with E-state index in [1.165, 1.54) is 0 Å². The van der Waals surface area contributed by atoms with Gasteiger partial charge in [0.1, 0.15) is 5.56 Å². The van der Waals surface area contributed by atoms with Crippen LogP contribution in [0.4, 0.5) is 0 Å². The van der Waals surface area contributed by atoms with Gasteiger partial charge in [-0.05, 0) is 48.3 Å². The van der Waals surface area contributed by atoms with Gasteiger partial charge < -0.3 is 19.5 Å². The number of ether oxygens (including phenoxy) is 1. The molecule has 1 aliphatic heterocycles. The molecule has 4 rings (SSSR count). The molecule has 1 aliphatic carbocycles. The molecule has 170 valence electrons. The van der Waals surface area contributed by atoms with Crippen LogP contribution in [0.15, 0.2) is 41.3 Å². The summed E-state index contributed by atoms with van der Waals surface area (Å²) >= 11 is 0. The zero-order valence-corrected chi connectivity index (χ0v) is 18.6. The second-order valence-corrected chi connectivity index (χ2v) is 8.70. The maximum absolute atomic E-state index is 13.3. The number of hydrogen-bond acceptors (Lipinski definition) is 4. The van der Waals surface area contributed by atoms with Gasteiger partial charge in [0.15, 0.2) is 0 Å². The quantitative estimate of drug-likeness (QED) is 0.610. The van der Waals surface area contributed by atoms with Gasteiger partial charge in [-0.1, -0.05) is 30.3 Å². The van der Waals surface area contributed by atoms with E-state index < -0.39 is 0 Å². The lowest BCUT2D eigenvalue weighted by Crippen LogP contribution is -2.42. The molecule has 1 aromatic heterocycles. The van der Waals surface area contributed by atoms with Crippen molar-refractivity contribution in [1.29, 1.82) is 0 Å². The van der Waals surface area contributed by atoms with Crippen molar-refractivity contribution >= 4 is 11.8 Å². The second-order valence-electron chi connectivity index (χ2n) is 8.70. The highest BCUT2D eigenvalue weighted by Gasteiger charge is 2.31. The minimum absolute atomic E-state index is 0.172. The number of carbonyl (C=O) groups is 2. The predicted molar refractivity (Wildman–Crippen MR) is 122 cm³/mol. The molecule has 1 saturated carbocycles. The predicted octanol–water partition coefficient (Wildman–Crippen LogP) is 2.15. The summed E-state index contributed by atoms with van der Waals surface area (Å²) in [6.07, 6.45) is 5.94. The summed E-state index contributed by atoms with van der Waals surface area (Å²) < 4.78 is 6.65. The molecule has 2 heterocycles. The van der Waals surface area contributed by atoms with Gasteiger partial charge in [-0.3, -0.25) is 14.4 Å². The zero-order chi connectivity index (χ0) is 22.5. The number of benzene rings is 1. The standard InChI is InChI=1S/C25H31N3O4/c1-32-14-11-26-24(30)23-21-10-13-27(22(29)15-19-7-8-19)16-20(21)17-28(25(23)31)12-9-18-5-3-2-4-6-18/h2-6,17,19H,7-16H2,1H3,(H,26,30). The van der Waals surface area contributed by atoms with E-state index in [0.717, 1.165) is 29.5 Å². The Morgan fingerprint density at radius 2 is 1.97 bits per heavy atom. The molecule has 7 nitrogen and oxygen atoms in total. The smallest absolute Gasteiger partial charge is 0.263 e. The third-order valence-electron chi connectivity index (χ3n) is 6.28. The van der Waals surface area contributed by atoms with Crippen molar-refractivity contribution in [3.05, 3.63) is 69.1 Å². The Bertz CT molecular complexity index is 1030. The fourth-order valence-corrected chi connectivity index (χ4v) is 4.27. The highest BCUT2D eigenvalue weighted by molar-refractivity contribution is 5.95. The molecular weight excluding hydrogens is 406 g/mol. The van der Waals surface area contributed by atoms with Crippen LogP contribution in [0.1, 0.15) is 46.3 Å². The Balaban J connectivity index is 1.61. The molecular formula is C25H31N3O4. The lowest BCUT2D eigenvalue weighted by molar-refractivity contribution is -0.132. The number of aryl methyl sites for hydroxylation is 2. The van der Waals surface area contributed by atoms with Crippen molar-refractivity contribution in [2.45, 2.75) is 45.2 Å². The van der Waals surface area contributed by atoms with E-state index in [-0.39, 0.29) is 22.9 Å². The molecule has 1 fully saturated rings. The Morgan fingerprint density at radius 3 is 2.69 bits per heavy atom. The van der Waals surface area contributed by atoms with E-state index in [2.05, 4.69) is 5.32 Å². The molecule has 1 aromatic carbocycles. The Labute approximate surface area is 188 Å². The fraction of sp³-hybridized carbons (Fsp3) is 0.480. The van der Waals surface area contributed by atoms with E-state index in [4.69, 9.17) is 4.74 Å². The van der Waals surface area contributed by atoms with Gasteiger partial charge in [-0.25, -0.2) is 0 Å². The van der Waals surface area contributed by atoms with Crippen LogP contribution in [0.5, 0.6) is 0 Å². The van der Waals surface area contributed by atoms with E-state index in [1.807, 2.05) is 41.4 Å². The Hall–Kier alpha value is -2.93. The van der Waals surface area contributed by atoms with Crippen LogP contribution in [-0.2, 0) is 35.5 Å². The van der Waals surface area contributed by atoms with Crippen molar-refractivity contribution in [1.82, 2.24) is 14.8 Å². The first kappa shape index (κ1) is 22.3. The monoisotopic (exact) mass is 437 g/mol. The van der Waals surface area contributed by atoms with Gasteiger partial charge in [0.2, 0.25) is 5.91 Å². The van der Waals surface area contributed by atoms with Crippen LogP contribution in [0.3, 0.4) is 0 Å². The number of fused-ring (bicyclic) bond motifs is 1. The van der Waals surface area contributed by atoms with Crippen molar-refractivity contribution in [2.24, 2.45) is 5.92 Å². The van der Waals surface area contributed by atoms with Gasteiger partial charge >= 0.3 is 0 Å². The Morgan fingerprint density at radius 1 is 1.19 bits per heavy atom. The summed E-state index contributed by atoms with van der Waals surface area (Å²) in [5, 5.41) is 2.80. The maximum Gasteiger partial charge on any atom is 0.263 e. The average Bonchev–Trinajstić information content (AvgIpc) is 3.62. The van der Waals surface area contributed by atoms with E-state index in [1.54, 1.807) is 11.7 Å². The summed E-state index contributed by atoms with van der Waals surface area (Å²) in [4.78, 5) is 40.8. The van der Waals surface area contributed by atoms with Crippen LogP contribution in [-0.4, -0.2) is 48.1 Å². The average molecular weight is 438 g/mol. The SMILES string of the molecule is COCCNC(=O)c1c2c(cn(CCc3ccccc3)c1=O)CN(C(=O)CC1CC1)CC2. The van der Waals surface area contributed by atoms with Crippen molar-refractivity contribution in [3.63, 3.8) is 0 Å². The van der Waals surface area contributed by atoms with Crippen LogP contribution in [0.25, 0.3) is 0 Å². The summed E-state index contributed by atoms with van der Waals surface area (Å²) in [5.41, 5.74) is 2.74. The van der Waals surface area contributed by atoms with Crippen LogP contribution >= 0.6 is 0 Å². The number of pyridine rings is 1. The number of nitrogens with zero attached hydrogens (tertiary/aromatic N) is 2. The van der Waals surface area contributed by atoms with Gasteiger partial charge in [-0.2, -0.15) is 0 Å². The molecule has 0 radical (unpaired) electrons. The van der Waals surface area contributed by atoms with Gasteiger partial charge in [0, 0.05) is 45.9 Å². The minimum Gasteiger partial charge on any atom is -0.383 e. The molecule has 7 heteroatoms. The topological polar surface area (TPSA) is 80.6 Å². The molecule has 0 saturated heterocycles.